The number of benzene rings is 4. The third-order valence-corrected chi connectivity index (χ3v) is 7.16. The first-order valence-electron chi connectivity index (χ1n) is 13.7. The average molecular weight is 562 g/mol. The number of hydrogen-bond acceptors (Lipinski definition) is 6. The lowest BCUT2D eigenvalue weighted by Gasteiger charge is -2.25. The number of likely N-dealkylation sites (tertiary alicyclic amines) is 1. The van der Waals surface area contributed by atoms with Gasteiger partial charge in [-0.1, -0.05) is 72.8 Å². The Hall–Kier alpha value is -5.17. The summed E-state index contributed by atoms with van der Waals surface area (Å²) < 4.78 is 11.0. The molecule has 7 nitrogen and oxygen atoms in total. The standard InChI is InChI=1S/C35H31NO6/c1-3-41-35(40)27-16-14-24(15-17-27)21-36-31(26-12-8-5-9-13-26)30(33(38)34(36)39)32(37)28-18-19-29(23(2)20-28)42-22-25-10-6-4-7-11-25/h4-20,31,37H,3,21-22H2,1-2H3/b32-30-. The van der Waals surface area contributed by atoms with Gasteiger partial charge in [0.25, 0.3) is 11.7 Å². The second-order valence-electron chi connectivity index (χ2n) is 10.0. The van der Waals surface area contributed by atoms with Crippen molar-refractivity contribution in [1.29, 1.82) is 0 Å². The molecule has 1 atom stereocenters. The lowest BCUT2D eigenvalue weighted by Crippen LogP contribution is -2.29. The van der Waals surface area contributed by atoms with Crippen molar-refractivity contribution >= 4 is 23.4 Å². The number of aryl methyl sites for hydroxylation is 1. The lowest BCUT2D eigenvalue weighted by atomic mass is 9.94. The minimum Gasteiger partial charge on any atom is -0.507 e. The van der Waals surface area contributed by atoms with Gasteiger partial charge in [-0.3, -0.25) is 9.59 Å². The van der Waals surface area contributed by atoms with Crippen molar-refractivity contribution < 1.29 is 29.0 Å². The predicted molar refractivity (Wildman–Crippen MR) is 159 cm³/mol. The van der Waals surface area contributed by atoms with Crippen LogP contribution in [0.3, 0.4) is 0 Å². The number of amides is 1. The van der Waals surface area contributed by atoms with Gasteiger partial charge in [0.1, 0.15) is 18.1 Å². The Morgan fingerprint density at radius 3 is 2.12 bits per heavy atom. The summed E-state index contributed by atoms with van der Waals surface area (Å²) in [6.07, 6.45) is 0. The minimum absolute atomic E-state index is 0.0201. The molecule has 1 fully saturated rings. The van der Waals surface area contributed by atoms with Gasteiger partial charge in [0.15, 0.2) is 0 Å². The second kappa shape index (κ2) is 12.6. The predicted octanol–water partition coefficient (Wildman–Crippen LogP) is 6.37. The van der Waals surface area contributed by atoms with Crippen LogP contribution < -0.4 is 4.74 Å². The van der Waals surface area contributed by atoms with Crippen LogP contribution in [0.1, 0.15) is 51.1 Å². The topological polar surface area (TPSA) is 93.1 Å². The van der Waals surface area contributed by atoms with Gasteiger partial charge in [-0.05, 0) is 66.4 Å². The van der Waals surface area contributed by atoms with Gasteiger partial charge in [0.2, 0.25) is 0 Å². The van der Waals surface area contributed by atoms with E-state index in [-0.39, 0.29) is 24.5 Å². The van der Waals surface area contributed by atoms with Crippen LogP contribution in [-0.2, 0) is 27.5 Å². The average Bonchev–Trinajstić information content (AvgIpc) is 3.26. The molecule has 1 aliphatic rings. The molecule has 0 bridgehead atoms. The van der Waals surface area contributed by atoms with E-state index in [2.05, 4.69) is 0 Å². The maximum Gasteiger partial charge on any atom is 0.338 e. The van der Waals surface area contributed by atoms with E-state index in [9.17, 15) is 19.5 Å². The van der Waals surface area contributed by atoms with Crippen molar-refractivity contribution in [3.05, 3.63) is 142 Å². The Kier molecular flexibility index (Phi) is 8.48. The van der Waals surface area contributed by atoms with Crippen LogP contribution in [0.4, 0.5) is 0 Å². The first-order valence-corrected chi connectivity index (χ1v) is 13.7. The Morgan fingerprint density at radius 2 is 1.48 bits per heavy atom. The first-order chi connectivity index (χ1) is 20.4. The number of carbonyl (C=O) groups is 3. The molecular formula is C35H31NO6. The summed E-state index contributed by atoms with van der Waals surface area (Å²) in [5.74, 6) is -1.49. The highest BCUT2D eigenvalue weighted by molar-refractivity contribution is 6.46. The molecule has 4 aromatic rings. The largest absolute Gasteiger partial charge is 0.507 e. The Morgan fingerprint density at radius 1 is 0.833 bits per heavy atom. The SMILES string of the molecule is CCOC(=O)c1ccc(CN2C(=O)C(=O)/C(=C(\O)c3ccc(OCc4ccccc4)c(C)c3)C2c2ccccc2)cc1. The fourth-order valence-electron chi connectivity index (χ4n) is 5.03. The van der Waals surface area contributed by atoms with Gasteiger partial charge in [0, 0.05) is 12.1 Å². The van der Waals surface area contributed by atoms with E-state index in [0.29, 0.717) is 29.0 Å². The molecule has 1 amide bonds. The van der Waals surface area contributed by atoms with Crippen LogP contribution in [0.25, 0.3) is 5.76 Å². The third kappa shape index (κ3) is 5.95. The highest BCUT2D eigenvalue weighted by Gasteiger charge is 2.46. The van der Waals surface area contributed by atoms with Gasteiger partial charge in [-0.15, -0.1) is 0 Å². The molecule has 42 heavy (non-hydrogen) atoms. The van der Waals surface area contributed by atoms with E-state index in [1.807, 2.05) is 67.6 Å². The van der Waals surface area contributed by atoms with Gasteiger partial charge in [-0.25, -0.2) is 4.79 Å². The molecule has 0 saturated carbocycles. The summed E-state index contributed by atoms with van der Waals surface area (Å²) in [6.45, 7) is 4.37. The van der Waals surface area contributed by atoms with Gasteiger partial charge in [-0.2, -0.15) is 0 Å². The van der Waals surface area contributed by atoms with Crippen molar-refractivity contribution in [3.8, 4) is 5.75 Å². The summed E-state index contributed by atoms with van der Waals surface area (Å²) in [5, 5.41) is 11.5. The van der Waals surface area contributed by atoms with Crippen LogP contribution in [0.15, 0.2) is 109 Å². The van der Waals surface area contributed by atoms with Crippen LogP contribution >= 0.6 is 0 Å². The van der Waals surface area contributed by atoms with Gasteiger partial charge in [0.05, 0.1) is 23.8 Å². The van der Waals surface area contributed by atoms with Crippen LogP contribution in [-0.4, -0.2) is 34.3 Å². The van der Waals surface area contributed by atoms with Crippen molar-refractivity contribution in [2.24, 2.45) is 0 Å². The van der Waals surface area contributed by atoms with E-state index in [1.165, 1.54) is 4.90 Å². The van der Waals surface area contributed by atoms with E-state index in [1.54, 1.807) is 49.4 Å². The van der Waals surface area contributed by atoms with Crippen LogP contribution in [0.2, 0.25) is 0 Å². The summed E-state index contributed by atoms with van der Waals surface area (Å²) in [7, 11) is 0. The van der Waals surface area contributed by atoms with E-state index in [0.717, 1.165) is 16.7 Å². The molecule has 4 aromatic carbocycles. The Labute approximate surface area is 244 Å². The Balaban J connectivity index is 1.46. The van der Waals surface area contributed by atoms with Crippen LogP contribution in [0, 0.1) is 6.92 Å². The molecule has 5 rings (SSSR count). The number of hydrogen-bond donors (Lipinski definition) is 1. The monoisotopic (exact) mass is 561 g/mol. The lowest BCUT2D eigenvalue weighted by molar-refractivity contribution is -0.140. The van der Waals surface area contributed by atoms with Crippen molar-refractivity contribution in [2.75, 3.05) is 6.61 Å². The van der Waals surface area contributed by atoms with E-state index in [4.69, 9.17) is 9.47 Å². The van der Waals surface area contributed by atoms with Crippen molar-refractivity contribution in [3.63, 3.8) is 0 Å². The van der Waals surface area contributed by atoms with Crippen LogP contribution in [0.5, 0.6) is 5.75 Å². The van der Waals surface area contributed by atoms with Crippen molar-refractivity contribution in [2.45, 2.75) is 33.0 Å². The molecule has 1 aliphatic heterocycles. The number of Topliss-reactive ketones (excluding diaryl/α,β-unsaturated/α-hetero) is 1. The Bertz CT molecular complexity index is 1630. The highest BCUT2D eigenvalue weighted by Crippen LogP contribution is 2.40. The maximum atomic E-state index is 13.4. The molecule has 1 saturated heterocycles. The van der Waals surface area contributed by atoms with E-state index >= 15 is 0 Å². The number of aliphatic hydroxyl groups is 1. The summed E-state index contributed by atoms with van der Waals surface area (Å²) in [6, 6.07) is 30.1. The molecule has 0 aliphatic carbocycles. The number of nitrogens with zero attached hydrogens (tertiary/aromatic N) is 1. The zero-order chi connectivity index (χ0) is 29.6. The number of rotatable bonds is 9. The molecule has 0 aromatic heterocycles. The minimum atomic E-state index is -0.801. The van der Waals surface area contributed by atoms with E-state index < -0.39 is 23.7 Å². The number of ether oxygens (including phenoxy) is 2. The highest BCUT2D eigenvalue weighted by atomic mass is 16.5. The summed E-state index contributed by atoms with van der Waals surface area (Å²) >= 11 is 0. The molecule has 1 heterocycles. The summed E-state index contributed by atoms with van der Waals surface area (Å²) in [5.41, 5.74) is 4.06. The number of carbonyl (C=O) groups excluding carboxylic acids is 3. The molecule has 1 N–H and O–H groups in total. The third-order valence-electron chi connectivity index (χ3n) is 7.16. The number of ketones is 1. The number of aliphatic hydroxyl groups excluding tert-OH is 1. The molecular weight excluding hydrogens is 530 g/mol. The van der Waals surface area contributed by atoms with Crippen molar-refractivity contribution in [1.82, 2.24) is 4.90 Å². The first kappa shape index (κ1) is 28.4. The molecule has 0 spiro atoms. The van der Waals surface area contributed by atoms with Gasteiger partial charge >= 0.3 is 5.97 Å². The fraction of sp³-hybridized carbons (Fsp3) is 0.171. The molecule has 212 valence electrons. The summed E-state index contributed by atoms with van der Waals surface area (Å²) in [4.78, 5) is 40.3. The normalized spacial score (nSPS) is 16.0. The fourth-order valence-corrected chi connectivity index (χ4v) is 5.03. The number of esters is 1. The smallest absolute Gasteiger partial charge is 0.338 e. The molecule has 0 radical (unpaired) electrons. The zero-order valence-electron chi connectivity index (χ0n) is 23.4. The molecule has 1 unspecified atom stereocenters. The quantitative estimate of drug-likeness (QED) is 0.110. The second-order valence-corrected chi connectivity index (χ2v) is 10.0. The zero-order valence-corrected chi connectivity index (χ0v) is 23.4. The molecule has 7 heteroatoms. The maximum absolute atomic E-state index is 13.4. The van der Waals surface area contributed by atoms with Gasteiger partial charge < -0.3 is 19.5 Å².